The fraction of sp³-hybridized carbons (Fsp3) is 0.500. The zero-order valence-corrected chi connectivity index (χ0v) is 27.2. The number of rotatable bonds is 4. The van der Waals surface area contributed by atoms with Crippen molar-refractivity contribution in [1.82, 2.24) is 15.2 Å². The molecule has 2 aromatic heterocycles. The number of aromatic nitrogens is 3. The molecule has 0 fully saturated rings. The van der Waals surface area contributed by atoms with Crippen molar-refractivity contribution >= 4 is 22.1 Å². The molecule has 3 nitrogen and oxygen atoms in total. The maximum atomic E-state index is 4.28. The second-order valence-electron chi connectivity index (χ2n) is 11.4. The van der Waals surface area contributed by atoms with Crippen LogP contribution in [0.4, 0.5) is 0 Å². The zero-order chi connectivity index (χ0) is 28.7. The summed E-state index contributed by atoms with van der Waals surface area (Å²) in [7, 11) is 0. The van der Waals surface area contributed by atoms with Crippen LogP contribution in [0, 0.1) is 25.2 Å². The van der Waals surface area contributed by atoms with E-state index in [1.165, 1.54) is 24.0 Å². The molecule has 3 aromatic rings. The van der Waals surface area contributed by atoms with E-state index in [0.717, 1.165) is 39.8 Å². The van der Waals surface area contributed by atoms with Crippen LogP contribution >= 0.6 is 0 Å². The summed E-state index contributed by atoms with van der Waals surface area (Å²) >= 11 is 3.16. The van der Waals surface area contributed by atoms with E-state index in [2.05, 4.69) is 122 Å². The second-order valence-corrected chi connectivity index (χ2v) is 13.0. The molecule has 3 unspecified atom stereocenters. The van der Waals surface area contributed by atoms with Gasteiger partial charge in [-0.1, -0.05) is 62.7 Å². The number of nitrogens with zero attached hydrogens (tertiary/aromatic N) is 3. The van der Waals surface area contributed by atoms with Gasteiger partial charge in [0.15, 0.2) is 0 Å². The van der Waals surface area contributed by atoms with E-state index >= 15 is 0 Å². The Morgan fingerprint density at radius 2 is 1.61 bits per heavy atom. The minimum Gasteiger partial charge on any atom is -0.257 e. The molecule has 1 aromatic carbocycles. The van der Waals surface area contributed by atoms with Gasteiger partial charge in [0, 0.05) is 11.8 Å². The zero-order valence-electron chi connectivity index (χ0n) is 25.5. The Bertz CT molecular complexity index is 1020. The van der Waals surface area contributed by atoms with Crippen LogP contribution in [0.5, 0.6) is 0 Å². The molecule has 0 bridgehead atoms. The van der Waals surface area contributed by atoms with Gasteiger partial charge in [0.25, 0.3) is 0 Å². The first kappa shape index (κ1) is 33.7. The molecular weight excluding hydrogens is 529 g/mol. The van der Waals surface area contributed by atoms with Gasteiger partial charge in [0.05, 0.1) is 17.1 Å². The topological polar surface area (TPSA) is 38.7 Å². The predicted octanol–water partition coefficient (Wildman–Crippen LogP) is 9.81. The summed E-state index contributed by atoms with van der Waals surface area (Å²) < 4.78 is 0. The normalized spacial score (nSPS) is 15.3. The van der Waals surface area contributed by atoms with Crippen molar-refractivity contribution in [3.63, 3.8) is 0 Å². The standard InChI is InChI=1S/C12H12N2.C10H11N.C10H21Se.C2H6/c1-9-3-6-11(7-4-9)12-8-5-10(2)13-14-12;1-8-4-2-6-10-9(8)5-3-7-11-10;1-8(6-9(2)11)7-10(3,4)5;1-2/h3-8H,1-2H3;2-3,5-8H,4H2,1H3;8-9H,6-7H2,1-5H3;1-2H3. The third-order valence-corrected chi connectivity index (χ3v) is 6.41. The molecular formula is C34H50N3Se. The number of pyridine rings is 1. The molecule has 4 rings (SSSR count). The smallest absolute Gasteiger partial charge is 0.0929 e. The van der Waals surface area contributed by atoms with Crippen molar-refractivity contribution in [2.45, 2.75) is 99.2 Å². The first-order valence-corrected chi connectivity index (χ1v) is 15.1. The van der Waals surface area contributed by atoms with Crippen LogP contribution < -0.4 is 0 Å². The van der Waals surface area contributed by atoms with E-state index < -0.39 is 0 Å². The number of aryl methyl sites for hydroxylation is 2. The third kappa shape index (κ3) is 13.5. The molecule has 3 atom stereocenters. The fourth-order valence-corrected chi connectivity index (χ4v) is 5.16. The number of hydrogen-bond donors (Lipinski definition) is 0. The summed E-state index contributed by atoms with van der Waals surface area (Å²) in [6.07, 6.45) is 9.95. The molecule has 2 heterocycles. The number of allylic oxidation sites excluding steroid dienone is 1. The molecule has 4 heteroatoms. The number of fused-ring (bicyclic) bond motifs is 1. The van der Waals surface area contributed by atoms with Gasteiger partial charge < -0.3 is 0 Å². The Morgan fingerprint density at radius 1 is 0.947 bits per heavy atom. The minimum absolute atomic E-state index is 0.494. The average Bonchev–Trinajstić information content (AvgIpc) is 2.86. The maximum Gasteiger partial charge on any atom is 0.0929 e. The van der Waals surface area contributed by atoms with Gasteiger partial charge in [-0.3, -0.25) is 4.98 Å². The van der Waals surface area contributed by atoms with E-state index in [4.69, 9.17) is 0 Å². The average molecular weight is 580 g/mol. The first-order chi connectivity index (χ1) is 17.9. The SMILES string of the molecule is CC.CC([Se])CC(C)CC(C)(C)C.CC1CC=Cc2ncccc21.Cc1ccc(-c2ccc(C)nn2)cc1. The van der Waals surface area contributed by atoms with Crippen molar-refractivity contribution in [2.75, 3.05) is 0 Å². The van der Waals surface area contributed by atoms with E-state index in [1.54, 1.807) is 0 Å². The van der Waals surface area contributed by atoms with Crippen LogP contribution in [0.25, 0.3) is 17.3 Å². The van der Waals surface area contributed by atoms with Crippen molar-refractivity contribution < 1.29 is 0 Å². The van der Waals surface area contributed by atoms with Crippen LogP contribution in [0.3, 0.4) is 0 Å². The van der Waals surface area contributed by atoms with Gasteiger partial charge in [-0.05, 0) is 56.0 Å². The molecule has 0 spiro atoms. The monoisotopic (exact) mass is 580 g/mol. The number of hydrogen-bond acceptors (Lipinski definition) is 3. The van der Waals surface area contributed by atoms with Gasteiger partial charge in [0.1, 0.15) is 0 Å². The van der Waals surface area contributed by atoms with Crippen LogP contribution in [0.2, 0.25) is 4.82 Å². The van der Waals surface area contributed by atoms with Crippen molar-refractivity contribution in [3.8, 4) is 11.3 Å². The Morgan fingerprint density at radius 3 is 2.13 bits per heavy atom. The Hall–Kier alpha value is -2.29. The van der Waals surface area contributed by atoms with Crippen molar-refractivity contribution in [3.05, 3.63) is 83.3 Å². The summed E-state index contributed by atoms with van der Waals surface area (Å²) in [6, 6.07) is 16.4. The summed E-state index contributed by atoms with van der Waals surface area (Å²) in [6.45, 7) is 21.8. The largest absolute Gasteiger partial charge is 0.257 e. The Kier molecular flexibility index (Phi) is 15.4. The first-order valence-electron chi connectivity index (χ1n) is 14.1. The Labute approximate surface area is 241 Å². The van der Waals surface area contributed by atoms with Gasteiger partial charge in [0.2, 0.25) is 0 Å². The maximum absolute atomic E-state index is 4.28. The second kappa shape index (κ2) is 17.3. The van der Waals surface area contributed by atoms with Gasteiger partial charge in [-0.15, -0.1) is 0 Å². The molecule has 1 radical (unpaired) electrons. The minimum atomic E-state index is 0.494. The summed E-state index contributed by atoms with van der Waals surface area (Å²) in [4.78, 5) is 5.01. The summed E-state index contributed by atoms with van der Waals surface area (Å²) in [5.74, 6) is 1.50. The van der Waals surface area contributed by atoms with Crippen LogP contribution in [-0.4, -0.2) is 31.2 Å². The Balaban J connectivity index is 0.000000279. The van der Waals surface area contributed by atoms with Gasteiger partial charge in [-0.2, -0.15) is 10.2 Å². The van der Waals surface area contributed by atoms with E-state index in [9.17, 15) is 0 Å². The summed E-state index contributed by atoms with van der Waals surface area (Å²) in [5.41, 5.74) is 7.27. The summed E-state index contributed by atoms with van der Waals surface area (Å²) in [5, 5.41) is 8.16. The molecule has 0 N–H and O–H groups in total. The quantitative estimate of drug-likeness (QED) is 0.289. The molecule has 207 valence electrons. The molecule has 1 aliphatic rings. The van der Waals surface area contributed by atoms with Gasteiger partial charge in [-0.25, -0.2) is 0 Å². The predicted molar refractivity (Wildman–Crippen MR) is 168 cm³/mol. The molecule has 0 saturated heterocycles. The van der Waals surface area contributed by atoms with Crippen molar-refractivity contribution in [1.29, 1.82) is 0 Å². The molecule has 0 aliphatic heterocycles. The molecule has 38 heavy (non-hydrogen) atoms. The molecule has 1 aliphatic carbocycles. The molecule has 0 amide bonds. The van der Waals surface area contributed by atoms with Crippen LogP contribution in [0.1, 0.15) is 103 Å². The van der Waals surface area contributed by atoms with Crippen molar-refractivity contribution in [2.24, 2.45) is 11.3 Å². The third-order valence-electron chi connectivity index (χ3n) is 6.01. The van der Waals surface area contributed by atoms with E-state index in [1.807, 2.05) is 45.2 Å². The van der Waals surface area contributed by atoms with Gasteiger partial charge >= 0.3 is 79.6 Å². The number of benzene rings is 1. The van der Waals surface area contributed by atoms with Crippen LogP contribution in [0.15, 0.2) is 60.8 Å². The van der Waals surface area contributed by atoms with E-state index in [-0.39, 0.29) is 0 Å². The van der Waals surface area contributed by atoms with Crippen LogP contribution in [-0.2, 0) is 0 Å². The molecule has 0 saturated carbocycles. The van der Waals surface area contributed by atoms with E-state index in [0.29, 0.717) is 11.3 Å². The fourth-order valence-electron chi connectivity index (χ4n) is 4.47.